The molecule has 84 valence electrons. The molecule has 1 aromatic heterocycles. The van der Waals surface area contributed by atoms with Crippen LogP contribution in [0.3, 0.4) is 0 Å². The van der Waals surface area contributed by atoms with Gasteiger partial charge in [0.1, 0.15) is 6.29 Å². The van der Waals surface area contributed by atoms with Gasteiger partial charge in [0.25, 0.3) is 0 Å². The van der Waals surface area contributed by atoms with E-state index in [-0.39, 0.29) is 0 Å². The van der Waals surface area contributed by atoms with Gasteiger partial charge in [-0.25, -0.2) is 0 Å². The van der Waals surface area contributed by atoms with Crippen molar-refractivity contribution in [2.75, 3.05) is 5.73 Å². The van der Waals surface area contributed by atoms with E-state index in [1.54, 1.807) is 0 Å². The van der Waals surface area contributed by atoms with Crippen molar-refractivity contribution in [2.45, 2.75) is 6.54 Å². The fourth-order valence-corrected chi connectivity index (χ4v) is 2.34. The predicted octanol–water partition coefficient (Wildman–Crippen LogP) is 2.58. The highest BCUT2D eigenvalue weighted by atomic mass is 16.1. The summed E-state index contributed by atoms with van der Waals surface area (Å²) >= 11 is 0. The van der Waals surface area contributed by atoms with E-state index in [1.807, 2.05) is 41.0 Å². The highest BCUT2D eigenvalue weighted by molar-refractivity contribution is 6.09. The Labute approximate surface area is 98.4 Å². The highest BCUT2D eigenvalue weighted by Crippen LogP contribution is 2.29. The van der Waals surface area contributed by atoms with Crippen LogP contribution in [0.15, 0.2) is 42.5 Å². The molecule has 2 aromatic carbocycles. The van der Waals surface area contributed by atoms with Crippen molar-refractivity contribution in [3.05, 3.63) is 42.5 Å². The van der Waals surface area contributed by atoms with Crippen molar-refractivity contribution in [3.63, 3.8) is 0 Å². The van der Waals surface area contributed by atoms with Gasteiger partial charge in [-0.15, -0.1) is 0 Å². The Kier molecular flexibility index (Phi) is 2.11. The van der Waals surface area contributed by atoms with E-state index in [9.17, 15) is 4.79 Å². The summed E-state index contributed by atoms with van der Waals surface area (Å²) < 4.78 is 2.01. The molecule has 0 unspecified atom stereocenters. The molecule has 0 saturated heterocycles. The maximum atomic E-state index is 10.8. The maximum absolute atomic E-state index is 10.8. The second kappa shape index (κ2) is 3.63. The second-order valence-electron chi connectivity index (χ2n) is 4.07. The number of para-hydroxylation sites is 1. The number of carbonyl (C=O) groups is 1. The largest absolute Gasteiger partial charge is 0.399 e. The number of nitrogen functional groups attached to an aromatic ring is 1. The van der Waals surface area contributed by atoms with E-state index < -0.39 is 0 Å². The number of aldehydes is 1. The van der Waals surface area contributed by atoms with Gasteiger partial charge in [0.2, 0.25) is 0 Å². The van der Waals surface area contributed by atoms with E-state index in [4.69, 9.17) is 5.73 Å². The number of fused-ring (bicyclic) bond motifs is 3. The SMILES string of the molecule is Nc1ccc2c(c1)c1ccccc1n2CC=O. The number of anilines is 1. The van der Waals surface area contributed by atoms with Crippen molar-refractivity contribution in [2.24, 2.45) is 0 Å². The minimum atomic E-state index is 0.369. The minimum Gasteiger partial charge on any atom is -0.399 e. The van der Waals surface area contributed by atoms with E-state index in [0.717, 1.165) is 33.8 Å². The fourth-order valence-electron chi connectivity index (χ4n) is 2.34. The normalized spacial score (nSPS) is 11.1. The topological polar surface area (TPSA) is 48.0 Å². The van der Waals surface area contributed by atoms with Crippen LogP contribution in [0.1, 0.15) is 0 Å². The summed E-state index contributed by atoms with van der Waals surface area (Å²) in [5.41, 5.74) is 8.68. The van der Waals surface area contributed by atoms with Crippen LogP contribution >= 0.6 is 0 Å². The van der Waals surface area contributed by atoms with Crippen LogP contribution in [0.5, 0.6) is 0 Å². The third-order valence-corrected chi connectivity index (χ3v) is 3.05. The molecule has 0 amide bonds. The summed E-state index contributed by atoms with van der Waals surface area (Å²) in [6.45, 7) is 0.369. The second-order valence-corrected chi connectivity index (χ2v) is 4.07. The summed E-state index contributed by atoms with van der Waals surface area (Å²) in [5.74, 6) is 0. The van der Waals surface area contributed by atoms with E-state index in [1.165, 1.54) is 0 Å². The lowest BCUT2D eigenvalue weighted by atomic mass is 10.1. The zero-order valence-corrected chi connectivity index (χ0v) is 9.26. The number of carbonyl (C=O) groups excluding carboxylic acids is 1. The molecule has 0 radical (unpaired) electrons. The molecule has 3 aromatic rings. The van der Waals surface area contributed by atoms with Crippen molar-refractivity contribution in [1.82, 2.24) is 4.57 Å². The lowest BCUT2D eigenvalue weighted by Crippen LogP contribution is -1.97. The van der Waals surface area contributed by atoms with Crippen LogP contribution in [0, 0.1) is 0 Å². The van der Waals surface area contributed by atoms with Crippen molar-refractivity contribution < 1.29 is 4.79 Å². The van der Waals surface area contributed by atoms with Gasteiger partial charge in [0.05, 0.1) is 6.54 Å². The Bertz CT molecular complexity index is 713. The highest BCUT2D eigenvalue weighted by Gasteiger charge is 2.09. The molecule has 1 heterocycles. The van der Waals surface area contributed by atoms with Crippen LogP contribution in [-0.2, 0) is 11.3 Å². The summed E-state index contributed by atoms with van der Waals surface area (Å²) in [6, 6.07) is 13.8. The quantitative estimate of drug-likeness (QED) is 0.537. The lowest BCUT2D eigenvalue weighted by molar-refractivity contribution is -0.108. The molecule has 3 heteroatoms. The Morgan fingerprint density at radius 3 is 2.65 bits per heavy atom. The molecule has 17 heavy (non-hydrogen) atoms. The molecule has 0 spiro atoms. The third kappa shape index (κ3) is 1.40. The van der Waals surface area contributed by atoms with Crippen molar-refractivity contribution in [1.29, 1.82) is 0 Å². The fraction of sp³-hybridized carbons (Fsp3) is 0.0714. The van der Waals surface area contributed by atoms with Gasteiger partial charge >= 0.3 is 0 Å². The van der Waals surface area contributed by atoms with Crippen LogP contribution in [0.2, 0.25) is 0 Å². The maximum Gasteiger partial charge on any atom is 0.139 e. The van der Waals surface area contributed by atoms with Gasteiger partial charge in [0.15, 0.2) is 0 Å². The number of hydrogen-bond acceptors (Lipinski definition) is 2. The first-order valence-corrected chi connectivity index (χ1v) is 5.51. The van der Waals surface area contributed by atoms with Gasteiger partial charge < -0.3 is 15.1 Å². The van der Waals surface area contributed by atoms with Crippen molar-refractivity contribution >= 4 is 33.8 Å². The lowest BCUT2D eigenvalue weighted by Gasteiger charge is -2.01. The average molecular weight is 224 g/mol. The molecule has 3 nitrogen and oxygen atoms in total. The number of benzene rings is 2. The van der Waals surface area contributed by atoms with E-state index in [2.05, 4.69) is 6.07 Å². The summed E-state index contributed by atoms with van der Waals surface area (Å²) in [5, 5.41) is 2.24. The van der Waals surface area contributed by atoms with E-state index >= 15 is 0 Å². The average Bonchev–Trinajstić information content (AvgIpc) is 2.65. The Morgan fingerprint density at radius 1 is 1.06 bits per heavy atom. The number of rotatable bonds is 2. The van der Waals surface area contributed by atoms with Gasteiger partial charge in [-0.1, -0.05) is 18.2 Å². The molecular formula is C14H12N2O. The Hall–Kier alpha value is -2.29. The zero-order chi connectivity index (χ0) is 11.8. The molecule has 0 aliphatic heterocycles. The van der Waals surface area contributed by atoms with Crippen LogP contribution in [0.25, 0.3) is 21.8 Å². The molecular weight excluding hydrogens is 212 g/mol. The molecule has 0 bridgehead atoms. The Balaban J connectivity index is 2.52. The zero-order valence-electron chi connectivity index (χ0n) is 9.26. The Morgan fingerprint density at radius 2 is 1.82 bits per heavy atom. The van der Waals surface area contributed by atoms with Gasteiger partial charge in [-0.3, -0.25) is 0 Å². The monoisotopic (exact) mass is 224 g/mol. The molecule has 2 N–H and O–H groups in total. The number of hydrogen-bond donors (Lipinski definition) is 1. The van der Waals surface area contributed by atoms with Crippen LogP contribution in [0.4, 0.5) is 5.69 Å². The molecule has 0 atom stereocenters. The molecule has 0 saturated carbocycles. The standard InChI is InChI=1S/C14H12N2O/c15-10-5-6-14-12(9-10)11-3-1-2-4-13(11)16(14)7-8-17/h1-6,8-9H,7,15H2. The first-order chi connectivity index (χ1) is 8.31. The van der Waals surface area contributed by atoms with E-state index in [0.29, 0.717) is 6.54 Å². The number of nitrogens with zero attached hydrogens (tertiary/aromatic N) is 1. The first kappa shape index (κ1) is 9.90. The van der Waals surface area contributed by atoms with Crippen molar-refractivity contribution in [3.8, 4) is 0 Å². The smallest absolute Gasteiger partial charge is 0.139 e. The van der Waals surface area contributed by atoms with Crippen LogP contribution in [-0.4, -0.2) is 10.9 Å². The first-order valence-electron chi connectivity index (χ1n) is 5.51. The molecule has 0 fully saturated rings. The summed E-state index contributed by atoms with van der Waals surface area (Å²) in [4.78, 5) is 10.8. The molecule has 0 aliphatic rings. The third-order valence-electron chi connectivity index (χ3n) is 3.05. The molecule has 3 rings (SSSR count). The predicted molar refractivity (Wildman–Crippen MR) is 69.9 cm³/mol. The molecule has 0 aliphatic carbocycles. The number of nitrogens with two attached hydrogens (primary N) is 1. The van der Waals surface area contributed by atoms with Gasteiger partial charge in [-0.2, -0.15) is 0 Å². The van der Waals surface area contributed by atoms with Crippen LogP contribution < -0.4 is 5.73 Å². The number of aromatic nitrogens is 1. The minimum absolute atomic E-state index is 0.369. The van der Waals surface area contributed by atoms with Gasteiger partial charge in [-0.05, 0) is 24.3 Å². The summed E-state index contributed by atoms with van der Waals surface area (Å²) in [7, 11) is 0. The summed E-state index contributed by atoms with van der Waals surface area (Å²) in [6.07, 6.45) is 0.919. The van der Waals surface area contributed by atoms with Gasteiger partial charge in [0, 0.05) is 27.5 Å².